The summed E-state index contributed by atoms with van der Waals surface area (Å²) < 4.78 is 0. The SMILES string of the molecule is Cc1sc(-c2ccccc2)nc1N.Cl. The van der Waals surface area contributed by atoms with E-state index in [-0.39, 0.29) is 12.4 Å². The Balaban J connectivity index is 0.000000980. The molecule has 0 radical (unpaired) electrons. The van der Waals surface area contributed by atoms with Crippen LogP contribution in [-0.2, 0) is 0 Å². The second kappa shape index (κ2) is 4.44. The van der Waals surface area contributed by atoms with E-state index in [1.54, 1.807) is 11.3 Å². The van der Waals surface area contributed by atoms with Crippen LogP contribution in [0.15, 0.2) is 30.3 Å². The van der Waals surface area contributed by atoms with Crippen LogP contribution in [0.4, 0.5) is 5.82 Å². The number of hydrogen-bond donors (Lipinski definition) is 1. The smallest absolute Gasteiger partial charge is 0.138 e. The van der Waals surface area contributed by atoms with Crippen molar-refractivity contribution in [2.24, 2.45) is 0 Å². The van der Waals surface area contributed by atoms with Gasteiger partial charge in [-0.3, -0.25) is 0 Å². The molecule has 0 unspecified atom stereocenters. The molecular weight excluding hydrogens is 216 g/mol. The third-order valence-corrected chi connectivity index (χ3v) is 2.89. The van der Waals surface area contributed by atoms with E-state index in [2.05, 4.69) is 4.98 Å². The summed E-state index contributed by atoms with van der Waals surface area (Å²) in [5.74, 6) is 0.642. The van der Waals surface area contributed by atoms with Crippen molar-refractivity contribution in [1.82, 2.24) is 4.98 Å². The molecule has 0 fully saturated rings. The summed E-state index contributed by atoms with van der Waals surface area (Å²) in [5, 5.41) is 0.996. The molecule has 0 aliphatic carbocycles. The highest BCUT2D eigenvalue weighted by atomic mass is 35.5. The number of aryl methyl sites for hydroxylation is 1. The molecule has 2 rings (SSSR count). The minimum absolute atomic E-state index is 0. The van der Waals surface area contributed by atoms with Gasteiger partial charge in [0.25, 0.3) is 0 Å². The number of thiazole rings is 1. The van der Waals surface area contributed by atoms with Crippen molar-refractivity contribution in [3.63, 3.8) is 0 Å². The lowest BCUT2D eigenvalue weighted by atomic mass is 10.2. The predicted octanol–water partition coefficient (Wildman–Crippen LogP) is 3.12. The Hall–Kier alpha value is -1.06. The number of halogens is 1. The van der Waals surface area contributed by atoms with Crippen LogP contribution >= 0.6 is 23.7 Å². The summed E-state index contributed by atoms with van der Waals surface area (Å²) in [6.07, 6.45) is 0. The average molecular weight is 227 g/mol. The molecule has 4 heteroatoms. The van der Waals surface area contributed by atoms with Gasteiger partial charge in [0.05, 0.1) is 0 Å². The van der Waals surface area contributed by atoms with E-state index in [4.69, 9.17) is 5.73 Å². The van der Waals surface area contributed by atoms with Crippen LogP contribution in [0.5, 0.6) is 0 Å². The number of anilines is 1. The molecule has 2 N–H and O–H groups in total. The number of nitrogens with zero attached hydrogens (tertiary/aromatic N) is 1. The van der Waals surface area contributed by atoms with Gasteiger partial charge in [0.1, 0.15) is 10.8 Å². The van der Waals surface area contributed by atoms with E-state index in [1.807, 2.05) is 37.3 Å². The first kappa shape index (κ1) is 11.0. The Morgan fingerprint density at radius 1 is 1.21 bits per heavy atom. The number of hydrogen-bond acceptors (Lipinski definition) is 3. The van der Waals surface area contributed by atoms with Gasteiger partial charge in [-0.25, -0.2) is 4.98 Å². The van der Waals surface area contributed by atoms with Gasteiger partial charge in [0.15, 0.2) is 0 Å². The van der Waals surface area contributed by atoms with Crippen LogP contribution < -0.4 is 5.73 Å². The van der Waals surface area contributed by atoms with Gasteiger partial charge >= 0.3 is 0 Å². The van der Waals surface area contributed by atoms with E-state index in [0.29, 0.717) is 5.82 Å². The quantitative estimate of drug-likeness (QED) is 0.812. The van der Waals surface area contributed by atoms with E-state index in [9.17, 15) is 0 Å². The molecule has 0 bridgehead atoms. The number of aromatic nitrogens is 1. The number of benzene rings is 1. The van der Waals surface area contributed by atoms with Crippen molar-refractivity contribution in [3.8, 4) is 10.6 Å². The van der Waals surface area contributed by atoms with Gasteiger partial charge in [-0.1, -0.05) is 30.3 Å². The molecule has 1 heterocycles. The zero-order valence-corrected chi connectivity index (χ0v) is 9.36. The lowest BCUT2D eigenvalue weighted by molar-refractivity contribution is 1.39. The Kier molecular flexibility index (Phi) is 3.49. The molecule has 1 aromatic heterocycles. The predicted molar refractivity (Wildman–Crippen MR) is 63.9 cm³/mol. The van der Waals surface area contributed by atoms with E-state index < -0.39 is 0 Å². The van der Waals surface area contributed by atoms with E-state index in [1.165, 1.54) is 0 Å². The normalized spacial score (nSPS) is 9.50. The van der Waals surface area contributed by atoms with Crippen molar-refractivity contribution in [2.75, 3.05) is 5.73 Å². The van der Waals surface area contributed by atoms with Gasteiger partial charge in [-0.05, 0) is 6.92 Å². The molecular formula is C10H11ClN2S. The number of nitrogen functional groups attached to an aromatic ring is 1. The van der Waals surface area contributed by atoms with Gasteiger partial charge in [0, 0.05) is 10.4 Å². The largest absolute Gasteiger partial charge is 0.383 e. The second-order valence-corrected chi connectivity index (χ2v) is 4.03. The maximum atomic E-state index is 5.68. The minimum Gasteiger partial charge on any atom is -0.383 e. The molecule has 0 saturated carbocycles. The Bertz CT molecular complexity index is 392. The maximum Gasteiger partial charge on any atom is 0.138 e. The third-order valence-electron chi connectivity index (χ3n) is 1.85. The van der Waals surface area contributed by atoms with Gasteiger partial charge in [0.2, 0.25) is 0 Å². The Labute approximate surface area is 93.2 Å². The second-order valence-electron chi connectivity index (χ2n) is 2.83. The molecule has 0 atom stereocenters. The van der Waals surface area contributed by atoms with Crippen molar-refractivity contribution < 1.29 is 0 Å². The van der Waals surface area contributed by atoms with Crippen LogP contribution in [0.3, 0.4) is 0 Å². The average Bonchev–Trinajstić information content (AvgIpc) is 2.49. The summed E-state index contributed by atoms with van der Waals surface area (Å²) >= 11 is 1.63. The Morgan fingerprint density at radius 2 is 1.86 bits per heavy atom. The Morgan fingerprint density at radius 3 is 2.36 bits per heavy atom. The molecule has 2 aromatic rings. The summed E-state index contributed by atoms with van der Waals surface area (Å²) in [6, 6.07) is 10.1. The molecule has 0 amide bonds. The topological polar surface area (TPSA) is 38.9 Å². The fourth-order valence-corrected chi connectivity index (χ4v) is 1.95. The molecule has 0 aliphatic rings. The molecule has 0 saturated heterocycles. The van der Waals surface area contributed by atoms with Crippen molar-refractivity contribution in [3.05, 3.63) is 35.2 Å². The van der Waals surface area contributed by atoms with E-state index in [0.717, 1.165) is 15.4 Å². The highest BCUT2D eigenvalue weighted by Crippen LogP contribution is 2.28. The standard InChI is InChI=1S/C10H10N2S.ClH/c1-7-9(11)12-10(13-7)8-5-3-2-4-6-8;/h2-6H,11H2,1H3;1H. The zero-order chi connectivity index (χ0) is 9.26. The van der Waals surface area contributed by atoms with Crippen molar-refractivity contribution in [1.29, 1.82) is 0 Å². The molecule has 1 aromatic carbocycles. The molecule has 0 aliphatic heterocycles. The van der Waals surface area contributed by atoms with Crippen LogP contribution in [0, 0.1) is 6.92 Å². The van der Waals surface area contributed by atoms with Gasteiger partial charge < -0.3 is 5.73 Å². The van der Waals surface area contributed by atoms with Crippen LogP contribution in [-0.4, -0.2) is 4.98 Å². The molecule has 2 nitrogen and oxygen atoms in total. The summed E-state index contributed by atoms with van der Waals surface area (Å²) in [4.78, 5) is 5.36. The molecule has 0 spiro atoms. The maximum absolute atomic E-state index is 5.68. The zero-order valence-electron chi connectivity index (χ0n) is 7.73. The first-order valence-corrected chi connectivity index (χ1v) is 4.87. The van der Waals surface area contributed by atoms with Gasteiger partial charge in [-0.2, -0.15) is 0 Å². The van der Waals surface area contributed by atoms with Crippen LogP contribution in [0.25, 0.3) is 10.6 Å². The fourth-order valence-electron chi connectivity index (χ4n) is 1.11. The molecule has 14 heavy (non-hydrogen) atoms. The fraction of sp³-hybridized carbons (Fsp3) is 0.100. The first-order valence-electron chi connectivity index (χ1n) is 4.05. The highest BCUT2D eigenvalue weighted by Gasteiger charge is 2.05. The van der Waals surface area contributed by atoms with E-state index >= 15 is 0 Å². The van der Waals surface area contributed by atoms with Crippen LogP contribution in [0.1, 0.15) is 4.88 Å². The number of rotatable bonds is 1. The van der Waals surface area contributed by atoms with Gasteiger partial charge in [-0.15, -0.1) is 23.7 Å². The summed E-state index contributed by atoms with van der Waals surface area (Å²) in [6.45, 7) is 1.99. The highest BCUT2D eigenvalue weighted by molar-refractivity contribution is 7.15. The third kappa shape index (κ3) is 2.05. The van der Waals surface area contributed by atoms with Crippen molar-refractivity contribution >= 4 is 29.6 Å². The number of nitrogens with two attached hydrogens (primary N) is 1. The minimum atomic E-state index is 0. The molecule has 74 valence electrons. The van der Waals surface area contributed by atoms with Crippen molar-refractivity contribution in [2.45, 2.75) is 6.92 Å². The monoisotopic (exact) mass is 226 g/mol. The van der Waals surface area contributed by atoms with Crippen LogP contribution in [0.2, 0.25) is 0 Å². The summed E-state index contributed by atoms with van der Waals surface area (Å²) in [7, 11) is 0. The first-order chi connectivity index (χ1) is 6.27. The summed E-state index contributed by atoms with van der Waals surface area (Å²) in [5.41, 5.74) is 6.81. The lowest BCUT2D eigenvalue weighted by Crippen LogP contribution is -1.85. The lowest BCUT2D eigenvalue weighted by Gasteiger charge is -1.92.